The van der Waals surface area contributed by atoms with Crippen molar-refractivity contribution in [2.45, 2.75) is 6.61 Å². The van der Waals surface area contributed by atoms with Crippen LogP contribution >= 0.6 is 0 Å². The van der Waals surface area contributed by atoms with E-state index >= 15 is 0 Å². The van der Waals surface area contributed by atoms with Gasteiger partial charge in [0.1, 0.15) is 17.9 Å². The van der Waals surface area contributed by atoms with Crippen molar-refractivity contribution in [3.05, 3.63) is 35.8 Å². The molecule has 0 saturated carbocycles. The summed E-state index contributed by atoms with van der Waals surface area (Å²) in [6, 6.07) is 3.29. The maximum Gasteiger partial charge on any atom is 0.339 e. The fourth-order valence-electron chi connectivity index (χ4n) is 1.56. The molecule has 2 rings (SSSR count). The van der Waals surface area contributed by atoms with E-state index in [-0.39, 0.29) is 12.2 Å². The molecule has 0 aliphatic rings. The summed E-state index contributed by atoms with van der Waals surface area (Å²) in [6.45, 7) is 0.102. The van der Waals surface area contributed by atoms with Crippen LogP contribution in [0.5, 0.6) is 11.6 Å². The standard InChI is InChI=1S/C12H13N3O4/c1-15-10(9(6-14-15)12(16)17)7-19-8-3-4-13-11(5-8)18-2/h3-6H,7H2,1-2H3,(H,16,17). The van der Waals surface area contributed by atoms with Crippen LogP contribution in [0.2, 0.25) is 0 Å². The summed E-state index contributed by atoms with van der Waals surface area (Å²) in [5.74, 6) is -0.0515. The molecule has 1 N–H and O–H groups in total. The second kappa shape index (κ2) is 5.38. The number of rotatable bonds is 5. The first-order valence-corrected chi connectivity index (χ1v) is 5.49. The number of carbonyl (C=O) groups is 1. The third-order valence-corrected chi connectivity index (χ3v) is 2.58. The lowest BCUT2D eigenvalue weighted by Crippen LogP contribution is -2.08. The van der Waals surface area contributed by atoms with E-state index in [4.69, 9.17) is 14.6 Å². The van der Waals surface area contributed by atoms with E-state index in [1.807, 2.05) is 0 Å². The highest BCUT2D eigenvalue weighted by atomic mass is 16.5. The zero-order valence-electron chi connectivity index (χ0n) is 10.5. The van der Waals surface area contributed by atoms with Gasteiger partial charge in [-0.3, -0.25) is 4.68 Å². The van der Waals surface area contributed by atoms with Gasteiger partial charge in [-0.05, 0) is 6.07 Å². The van der Waals surface area contributed by atoms with Crippen LogP contribution in [0.1, 0.15) is 16.1 Å². The summed E-state index contributed by atoms with van der Waals surface area (Å²) in [6.07, 6.45) is 2.85. The highest BCUT2D eigenvalue weighted by Gasteiger charge is 2.15. The molecule has 0 bridgehead atoms. The average molecular weight is 263 g/mol. The first kappa shape index (κ1) is 12.9. The van der Waals surface area contributed by atoms with E-state index < -0.39 is 5.97 Å². The van der Waals surface area contributed by atoms with Gasteiger partial charge in [-0.25, -0.2) is 9.78 Å². The molecule has 7 nitrogen and oxygen atoms in total. The average Bonchev–Trinajstić information content (AvgIpc) is 2.78. The molecule has 0 fully saturated rings. The van der Waals surface area contributed by atoms with Crippen molar-refractivity contribution in [2.75, 3.05) is 7.11 Å². The van der Waals surface area contributed by atoms with Crippen molar-refractivity contribution in [1.29, 1.82) is 0 Å². The lowest BCUT2D eigenvalue weighted by molar-refractivity contribution is 0.0693. The molecular weight excluding hydrogens is 250 g/mol. The number of hydrogen-bond acceptors (Lipinski definition) is 5. The molecule has 0 amide bonds. The molecule has 0 saturated heterocycles. The number of nitrogens with zero attached hydrogens (tertiary/aromatic N) is 3. The summed E-state index contributed by atoms with van der Waals surface area (Å²) in [7, 11) is 3.17. The first-order chi connectivity index (χ1) is 9.11. The molecule has 100 valence electrons. The third kappa shape index (κ3) is 2.82. The lowest BCUT2D eigenvalue weighted by Gasteiger charge is -2.08. The summed E-state index contributed by atoms with van der Waals surface area (Å²) >= 11 is 0. The fraction of sp³-hybridized carbons (Fsp3) is 0.250. The van der Waals surface area contributed by atoms with E-state index in [0.29, 0.717) is 17.3 Å². The zero-order valence-corrected chi connectivity index (χ0v) is 10.5. The Hall–Kier alpha value is -2.57. The van der Waals surface area contributed by atoms with E-state index in [0.717, 1.165) is 0 Å². The van der Waals surface area contributed by atoms with Crippen LogP contribution < -0.4 is 9.47 Å². The molecule has 0 aliphatic heterocycles. The number of aryl methyl sites for hydroxylation is 1. The van der Waals surface area contributed by atoms with Crippen molar-refractivity contribution >= 4 is 5.97 Å². The monoisotopic (exact) mass is 263 g/mol. The minimum absolute atomic E-state index is 0.102. The van der Waals surface area contributed by atoms with Crippen molar-refractivity contribution in [3.63, 3.8) is 0 Å². The number of carboxylic acid groups (broad SMARTS) is 1. The number of aromatic nitrogens is 3. The predicted octanol–water partition coefficient (Wildman–Crippen LogP) is 1.10. The van der Waals surface area contributed by atoms with Crippen LogP contribution in [0.15, 0.2) is 24.5 Å². The Labute approximate surface area is 109 Å². The van der Waals surface area contributed by atoms with Crippen molar-refractivity contribution < 1.29 is 19.4 Å². The van der Waals surface area contributed by atoms with Gasteiger partial charge in [0.15, 0.2) is 0 Å². The van der Waals surface area contributed by atoms with E-state index in [2.05, 4.69) is 10.1 Å². The maximum atomic E-state index is 11.0. The number of ether oxygens (including phenoxy) is 2. The lowest BCUT2D eigenvalue weighted by atomic mass is 10.2. The topological polar surface area (TPSA) is 86.5 Å². The minimum Gasteiger partial charge on any atom is -0.487 e. The highest BCUT2D eigenvalue weighted by molar-refractivity contribution is 5.88. The molecule has 0 atom stereocenters. The summed E-state index contributed by atoms with van der Waals surface area (Å²) in [5, 5.41) is 12.9. The van der Waals surface area contributed by atoms with Gasteiger partial charge in [0.2, 0.25) is 5.88 Å². The van der Waals surface area contributed by atoms with Crippen LogP contribution in [0, 0.1) is 0 Å². The Kier molecular flexibility index (Phi) is 3.65. The SMILES string of the molecule is COc1cc(OCc2c(C(=O)O)cnn2C)ccn1. The second-order valence-corrected chi connectivity index (χ2v) is 3.76. The number of aromatic carboxylic acids is 1. The molecular formula is C12H13N3O4. The Bertz CT molecular complexity index is 594. The first-order valence-electron chi connectivity index (χ1n) is 5.49. The van der Waals surface area contributed by atoms with Gasteiger partial charge in [-0.2, -0.15) is 5.10 Å². The number of hydrogen-bond donors (Lipinski definition) is 1. The van der Waals surface area contributed by atoms with Crippen molar-refractivity contribution in [3.8, 4) is 11.6 Å². The van der Waals surface area contributed by atoms with Gasteiger partial charge in [-0.15, -0.1) is 0 Å². The zero-order chi connectivity index (χ0) is 13.8. The third-order valence-electron chi connectivity index (χ3n) is 2.58. The summed E-state index contributed by atoms with van der Waals surface area (Å²) in [5.41, 5.74) is 0.617. The van der Waals surface area contributed by atoms with Crippen LogP contribution in [0.3, 0.4) is 0 Å². The van der Waals surface area contributed by atoms with Crippen molar-refractivity contribution in [1.82, 2.24) is 14.8 Å². The summed E-state index contributed by atoms with van der Waals surface area (Å²) in [4.78, 5) is 15.0. The normalized spacial score (nSPS) is 10.2. The van der Waals surface area contributed by atoms with Gasteiger partial charge >= 0.3 is 5.97 Å². The minimum atomic E-state index is -1.03. The van der Waals surface area contributed by atoms with Gasteiger partial charge in [0.05, 0.1) is 19.0 Å². The quantitative estimate of drug-likeness (QED) is 0.869. The smallest absolute Gasteiger partial charge is 0.339 e. The molecule has 2 aromatic heterocycles. The Balaban J connectivity index is 2.14. The van der Waals surface area contributed by atoms with Gasteiger partial charge in [0, 0.05) is 19.3 Å². The fourth-order valence-corrected chi connectivity index (χ4v) is 1.56. The van der Waals surface area contributed by atoms with Crippen LogP contribution in [0.25, 0.3) is 0 Å². The number of pyridine rings is 1. The summed E-state index contributed by atoms with van der Waals surface area (Å²) < 4.78 is 12.0. The largest absolute Gasteiger partial charge is 0.487 e. The van der Waals surface area contributed by atoms with Crippen LogP contribution in [-0.4, -0.2) is 33.0 Å². The van der Waals surface area contributed by atoms with Crippen molar-refractivity contribution in [2.24, 2.45) is 7.05 Å². The van der Waals surface area contributed by atoms with E-state index in [1.165, 1.54) is 18.0 Å². The predicted molar refractivity (Wildman–Crippen MR) is 65.3 cm³/mol. The van der Waals surface area contributed by atoms with Gasteiger partial charge in [0.25, 0.3) is 0 Å². The van der Waals surface area contributed by atoms with Gasteiger partial charge in [-0.1, -0.05) is 0 Å². The van der Waals surface area contributed by atoms with Gasteiger partial charge < -0.3 is 14.6 Å². The molecule has 2 heterocycles. The molecule has 0 radical (unpaired) electrons. The highest BCUT2D eigenvalue weighted by Crippen LogP contribution is 2.18. The molecule has 2 aromatic rings. The van der Waals surface area contributed by atoms with Crippen LogP contribution in [-0.2, 0) is 13.7 Å². The number of carboxylic acids is 1. The number of methoxy groups -OCH3 is 1. The molecule has 19 heavy (non-hydrogen) atoms. The van der Waals surface area contributed by atoms with Crippen LogP contribution in [0.4, 0.5) is 0 Å². The Morgan fingerprint density at radius 2 is 2.32 bits per heavy atom. The molecule has 0 spiro atoms. The maximum absolute atomic E-state index is 11.0. The Morgan fingerprint density at radius 3 is 3.00 bits per heavy atom. The molecule has 0 aliphatic carbocycles. The second-order valence-electron chi connectivity index (χ2n) is 3.76. The molecule has 0 unspecified atom stereocenters. The van der Waals surface area contributed by atoms with E-state index in [9.17, 15) is 4.79 Å². The Morgan fingerprint density at radius 1 is 1.53 bits per heavy atom. The van der Waals surface area contributed by atoms with E-state index in [1.54, 1.807) is 25.4 Å². The molecule has 0 aromatic carbocycles. The molecule has 7 heteroatoms.